The largest absolute Gasteiger partial charge is 0.463 e. The van der Waals surface area contributed by atoms with Gasteiger partial charge in [-0.25, -0.2) is 14.2 Å². The third-order valence-electron chi connectivity index (χ3n) is 4.24. The van der Waals surface area contributed by atoms with Crippen molar-refractivity contribution in [3.63, 3.8) is 0 Å². The van der Waals surface area contributed by atoms with Crippen LogP contribution in [0, 0.1) is 5.82 Å². The number of H-pyrrole nitrogens is 1. The quantitative estimate of drug-likeness (QED) is 0.333. The molecule has 1 aromatic heterocycles. The van der Waals surface area contributed by atoms with Crippen LogP contribution in [0.25, 0.3) is 0 Å². The second-order valence-corrected chi connectivity index (χ2v) is 7.11. The van der Waals surface area contributed by atoms with E-state index in [1.165, 1.54) is 23.9 Å². The number of nitrogens with one attached hydrogen (secondary N) is 2. The molecular weight excluding hydrogens is 381 g/mol. The lowest BCUT2D eigenvalue weighted by atomic mass is 9.82. The van der Waals surface area contributed by atoms with Gasteiger partial charge >= 0.3 is 5.97 Å². The SMILES string of the molecule is C=CCSc1nc2c(c(=O)[nH]1)[C@@H](c1cccc(F)c1)C(C(=O)OCC)=C(C)N2. The van der Waals surface area contributed by atoms with E-state index in [4.69, 9.17) is 4.74 Å². The van der Waals surface area contributed by atoms with Crippen molar-refractivity contribution in [3.8, 4) is 0 Å². The number of carbonyl (C=O) groups is 1. The molecule has 0 saturated heterocycles. The molecule has 1 aliphatic rings. The number of benzene rings is 1. The average Bonchev–Trinajstić information content (AvgIpc) is 2.65. The molecule has 0 unspecified atom stereocenters. The van der Waals surface area contributed by atoms with Crippen LogP contribution in [0.1, 0.15) is 30.9 Å². The summed E-state index contributed by atoms with van der Waals surface area (Å²) in [4.78, 5) is 32.8. The van der Waals surface area contributed by atoms with Crippen LogP contribution in [0.3, 0.4) is 0 Å². The Kier molecular flexibility index (Phi) is 5.99. The number of fused-ring (bicyclic) bond motifs is 1. The second-order valence-electron chi connectivity index (χ2n) is 6.11. The van der Waals surface area contributed by atoms with Gasteiger partial charge in [0.2, 0.25) is 0 Å². The summed E-state index contributed by atoms with van der Waals surface area (Å²) in [7, 11) is 0. The third-order valence-corrected chi connectivity index (χ3v) is 5.11. The Morgan fingerprint density at radius 2 is 2.25 bits per heavy atom. The topological polar surface area (TPSA) is 84.1 Å². The molecule has 2 aromatic rings. The molecular formula is C20H20FN3O3S. The highest BCUT2D eigenvalue weighted by Gasteiger charge is 2.36. The Labute approximate surface area is 165 Å². The van der Waals surface area contributed by atoms with Crippen LogP contribution >= 0.6 is 11.8 Å². The van der Waals surface area contributed by atoms with E-state index in [1.807, 2.05) is 0 Å². The molecule has 2 N–H and O–H groups in total. The lowest BCUT2D eigenvalue weighted by Gasteiger charge is -2.28. The van der Waals surface area contributed by atoms with Gasteiger partial charge in [-0.1, -0.05) is 30.0 Å². The number of hydrogen-bond donors (Lipinski definition) is 2. The van der Waals surface area contributed by atoms with E-state index < -0.39 is 23.3 Å². The van der Waals surface area contributed by atoms with Crippen molar-refractivity contribution in [1.82, 2.24) is 9.97 Å². The smallest absolute Gasteiger partial charge is 0.336 e. The summed E-state index contributed by atoms with van der Waals surface area (Å²) in [6, 6.07) is 5.84. The van der Waals surface area contributed by atoms with Crippen LogP contribution in [-0.2, 0) is 9.53 Å². The summed E-state index contributed by atoms with van der Waals surface area (Å²) < 4.78 is 19.1. The zero-order valence-corrected chi connectivity index (χ0v) is 16.4. The van der Waals surface area contributed by atoms with Crippen LogP contribution in [-0.4, -0.2) is 28.3 Å². The van der Waals surface area contributed by atoms with Crippen molar-refractivity contribution >= 4 is 23.5 Å². The van der Waals surface area contributed by atoms with Crippen molar-refractivity contribution in [2.75, 3.05) is 17.7 Å². The van der Waals surface area contributed by atoms with Crippen molar-refractivity contribution in [2.24, 2.45) is 0 Å². The Hall–Kier alpha value is -2.87. The molecule has 2 heterocycles. The second kappa shape index (κ2) is 8.43. The molecule has 146 valence electrons. The van der Waals surface area contributed by atoms with E-state index in [1.54, 1.807) is 32.1 Å². The van der Waals surface area contributed by atoms with Gasteiger partial charge in [0.1, 0.15) is 11.6 Å². The first-order valence-electron chi connectivity index (χ1n) is 8.74. The van der Waals surface area contributed by atoms with Crippen LogP contribution in [0.5, 0.6) is 0 Å². The zero-order valence-electron chi connectivity index (χ0n) is 15.5. The first kappa shape index (κ1) is 19.9. The molecule has 6 nitrogen and oxygen atoms in total. The predicted molar refractivity (Wildman–Crippen MR) is 107 cm³/mol. The number of aromatic amines is 1. The first-order chi connectivity index (χ1) is 13.5. The number of esters is 1. The minimum absolute atomic E-state index is 0.185. The standard InChI is InChI=1S/C20H20FN3O3S/c1-4-9-28-20-23-17-16(18(25)24-20)15(12-7-6-8-13(21)10-12)14(11(3)22-17)19(26)27-5-2/h4,6-8,10,15H,1,5,9H2,2-3H3,(H2,22,23,24,25)/t15-/m0/s1. The molecule has 8 heteroatoms. The van der Waals surface area contributed by atoms with Crippen LogP contribution < -0.4 is 10.9 Å². The van der Waals surface area contributed by atoms with Gasteiger partial charge in [-0.05, 0) is 31.5 Å². The van der Waals surface area contributed by atoms with E-state index in [0.29, 0.717) is 28.0 Å². The number of anilines is 1. The maximum Gasteiger partial charge on any atom is 0.336 e. The lowest BCUT2D eigenvalue weighted by Crippen LogP contribution is -2.31. The highest BCUT2D eigenvalue weighted by molar-refractivity contribution is 7.99. The van der Waals surface area contributed by atoms with Crippen molar-refractivity contribution in [3.05, 3.63) is 75.5 Å². The first-order valence-corrected chi connectivity index (χ1v) is 9.73. The van der Waals surface area contributed by atoms with Gasteiger partial charge < -0.3 is 15.0 Å². The maximum absolute atomic E-state index is 13.9. The summed E-state index contributed by atoms with van der Waals surface area (Å²) in [5, 5.41) is 3.47. The number of aromatic nitrogens is 2. The van der Waals surface area contributed by atoms with Gasteiger partial charge in [0.05, 0.1) is 23.7 Å². The number of allylic oxidation sites excluding steroid dienone is 1. The minimum atomic E-state index is -0.791. The number of nitrogens with zero attached hydrogens (tertiary/aromatic N) is 1. The Balaban J connectivity index is 2.21. The van der Waals surface area contributed by atoms with Gasteiger partial charge in [0.25, 0.3) is 5.56 Å². The zero-order chi connectivity index (χ0) is 20.3. The predicted octanol–water partition coefficient (Wildman–Crippen LogP) is 3.58. The fraction of sp³-hybridized carbons (Fsp3) is 0.250. The molecule has 0 fully saturated rings. The number of carbonyl (C=O) groups excluding carboxylic acids is 1. The summed E-state index contributed by atoms with van der Waals surface area (Å²) >= 11 is 1.33. The van der Waals surface area contributed by atoms with Crippen molar-refractivity contribution < 1.29 is 13.9 Å². The number of halogens is 1. The van der Waals surface area contributed by atoms with E-state index in [2.05, 4.69) is 21.9 Å². The number of rotatable bonds is 6. The molecule has 0 aliphatic carbocycles. The third kappa shape index (κ3) is 3.87. The average molecular weight is 401 g/mol. The molecule has 0 amide bonds. The van der Waals surface area contributed by atoms with Crippen molar-refractivity contribution in [1.29, 1.82) is 0 Å². The van der Waals surface area contributed by atoms with E-state index >= 15 is 0 Å². The monoisotopic (exact) mass is 401 g/mol. The van der Waals surface area contributed by atoms with Crippen LogP contribution in [0.4, 0.5) is 10.2 Å². The minimum Gasteiger partial charge on any atom is -0.463 e. The Morgan fingerprint density at radius 3 is 2.93 bits per heavy atom. The van der Waals surface area contributed by atoms with E-state index in [-0.39, 0.29) is 17.7 Å². The highest BCUT2D eigenvalue weighted by Crippen LogP contribution is 2.40. The molecule has 0 saturated carbocycles. The molecule has 0 radical (unpaired) electrons. The molecule has 0 spiro atoms. The summed E-state index contributed by atoms with van der Waals surface area (Å²) in [5.41, 5.74) is 1.11. The van der Waals surface area contributed by atoms with Gasteiger partial charge in [0.15, 0.2) is 5.16 Å². The van der Waals surface area contributed by atoms with Crippen LogP contribution in [0.2, 0.25) is 0 Å². The molecule has 28 heavy (non-hydrogen) atoms. The summed E-state index contributed by atoms with van der Waals surface area (Å²) in [5.74, 6) is -0.883. The van der Waals surface area contributed by atoms with Gasteiger partial charge in [-0.3, -0.25) is 4.79 Å². The fourth-order valence-corrected chi connectivity index (χ4v) is 3.73. The molecule has 1 aromatic carbocycles. The summed E-state index contributed by atoms with van der Waals surface area (Å²) in [6.45, 7) is 7.25. The van der Waals surface area contributed by atoms with Gasteiger partial charge in [-0.2, -0.15) is 0 Å². The van der Waals surface area contributed by atoms with Crippen LogP contribution in [0.15, 0.2) is 58.1 Å². The maximum atomic E-state index is 13.9. The number of hydrogen-bond acceptors (Lipinski definition) is 6. The Bertz CT molecular complexity index is 1020. The fourth-order valence-electron chi connectivity index (χ4n) is 3.14. The molecule has 1 atom stereocenters. The van der Waals surface area contributed by atoms with Crippen molar-refractivity contribution in [2.45, 2.75) is 24.9 Å². The number of thioether (sulfide) groups is 1. The molecule has 3 rings (SSSR count). The molecule has 0 bridgehead atoms. The van der Waals surface area contributed by atoms with E-state index in [0.717, 1.165) is 0 Å². The highest BCUT2D eigenvalue weighted by atomic mass is 32.2. The lowest BCUT2D eigenvalue weighted by molar-refractivity contribution is -0.138. The normalized spacial score (nSPS) is 15.6. The van der Waals surface area contributed by atoms with E-state index in [9.17, 15) is 14.0 Å². The number of ether oxygens (including phenoxy) is 1. The summed E-state index contributed by atoms with van der Waals surface area (Å²) in [6.07, 6.45) is 1.71. The van der Waals surface area contributed by atoms with Gasteiger partial charge in [-0.15, -0.1) is 6.58 Å². The molecule has 1 aliphatic heterocycles. The Morgan fingerprint density at radius 1 is 1.46 bits per heavy atom. The van der Waals surface area contributed by atoms with Gasteiger partial charge in [0, 0.05) is 11.4 Å².